The average molecular weight is 468 g/mol. The molecular formula is C17H33IN4O3. The minimum Gasteiger partial charge on any atom is -0.382 e. The van der Waals surface area contributed by atoms with Crippen molar-refractivity contribution in [3.05, 3.63) is 0 Å². The van der Waals surface area contributed by atoms with E-state index in [0.29, 0.717) is 19.1 Å². The minimum atomic E-state index is 0. The van der Waals surface area contributed by atoms with Crippen LogP contribution in [-0.4, -0.2) is 87.9 Å². The number of ether oxygens (including phenoxy) is 2. The molecule has 2 aliphatic heterocycles. The van der Waals surface area contributed by atoms with Gasteiger partial charge in [-0.15, -0.1) is 24.0 Å². The normalized spacial score (nSPS) is 20.7. The summed E-state index contributed by atoms with van der Waals surface area (Å²) in [4.78, 5) is 20.9. The van der Waals surface area contributed by atoms with Crippen LogP contribution >= 0.6 is 24.0 Å². The van der Waals surface area contributed by atoms with Gasteiger partial charge < -0.3 is 24.6 Å². The van der Waals surface area contributed by atoms with Gasteiger partial charge in [0.25, 0.3) is 0 Å². The van der Waals surface area contributed by atoms with E-state index in [1.165, 1.54) is 0 Å². The third-order valence-electron chi connectivity index (χ3n) is 4.53. The highest BCUT2D eigenvalue weighted by Gasteiger charge is 2.25. The lowest BCUT2D eigenvalue weighted by Gasteiger charge is -2.22. The highest BCUT2D eigenvalue weighted by molar-refractivity contribution is 14.0. The molecule has 7 nitrogen and oxygen atoms in total. The van der Waals surface area contributed by atoms with Gasteiger partial charge in [0.1, 0.15) is 6.54 Å². The van der Waals surface area contributed by atoms with Gasteiger partial charge >= 0.3 is 0 Å². The quantitative estimate of drug-likeness (QED) is 0.251. The van der Waals surface area contributed by atoms with E-state index in [9.17, 15) is 4.79 Å². The monoisotopic (exact) mass is 468 g/mol. The first kappa shape index (κ1) is 22.4. The number of rotatable bonds is 8. The molecular weight excluding hydrogens is 435 g/mol. The van der Waals surface area contributed by atoms with Crippen LogP contribution in [0.3, 0.4) is 0 Å². The summed E-state index contributed by atoms with van der Waals surface area (Å²) in [5.41, 5.74) is 0. The molecule has 2 saturated heterocycles. The Morgan fingerprint density at radius 2 is 1.96 bits per heavy atom. The number of amides is 1. The predicted octanol–water partition coefficient (Wildman–Crippen LogP) is 1.18. The number of carbonyl (C=O) groups excluding carboxylic acids is 1. The number of hydrogen-bond acceptors (Lipinski definition) is 4. The maximum absolute atomic E-state index is 12.2. The number of likely N-dealkylation sites (tertiary alicyclic amines) is 2. The summed E-state index contributed by atoms with van der Waals surface area (Å²) < 4.78 is 10.6. The van der Waals surface area contributed by atoms with Crippen molar-refractivity contribution >= 4 is 35.8 Å². The number of guanidine groups is 1. The van der Waals surface area contributed by atoms with E-state index in [-0.39, 0.29) is 36.4 Å². The Hall–Kier alpha value is -0.610. The molecule has 8 heteroatoms. The van der Waals surface area contributed by atoms with Crippen molar-refractivity contribution in [1.29, 1.82) is 0 Å². The van der Waals surface area contributed by atoms with Crippen molar-refractivity contribution in [2.45, 2.75) is 26.2 Å². The highest BCUT2D eigenvalue weighted by atomic mass is 127. The largest absolute Gasteiger partial charge is 0.382 e. The molecule has 2 fully saturated rings. The van der Waals surface area contributed by atoms with Crippen LogP contribution in [0, 0.1) is 5.92 Å². The summed E-state index contributed by atoms with van der Waals surface area (Å²) in [6.45, 7) is 8.80. The van der Waals surface area contributed by atoms with Crippen LogP contribution in [0.2, 0.25) is 0 Å². The van der Waals surface area contributed by atoms with Crippen molar-refractivity contribution in [2.24, 2.45) is 10.9 Å². The third kappa shape index (κ3) is 7.65. The van der Waals surface area contributed by atoms with E-state index in [1.807, 2.05) is 4.90 Å². The van der Waals surface area contributed by atoms with Crippen molar-refractivity contribution in [1.82, 2.24) is 15.1 Å². The van der Waals surface area contributed by atoms with Gasteiger partial charge in [0.05, 0.1) is 19.8 Å². The van der Waals surface area contributed by atoms with E-state index >= 15 is 0 Å². The van der Waals surface area contributed by atoms with Crippen molar-refractivity contribution < 1.29 is 14.3 Å². The Morgan fingerprint density at radius 3 is 2.64 bits per heavy atom. The summed E-state index contributed by atoms with van der Waals surface area (Å²) in [6.07, 6.45) is 3.33. The molecule has 2 rings (SSSR count). The molecule has 0 aromatic rings. The summed E-state index contributed by atoms with van der Waals surface area (Å²) >= 11 is 0. The van der Waals surface area contributed by atoms with Crippen LogP contribution < -0.4 is 5.32 Å². The van der Waals surface area contributed by atoms with Gasteiger partial charge in [-0.05, 0) is 26.2 Å². The molecule has 2 aliphatic rings. The highest BCUT2D eigenvalue weighted by Crippen LogP contribution is 2.16. The molecule has 0 aromatic heterocycles. The molecule has 146 valence electrons. The SMILES string of the molecule is CCNC(=NCC(=O)N1CCCC1)N1CCC(COCCOC)C1.I. The molecule has 1 unspecified atom stereocenters. The standard InChI is InChI=1S/C17H32N4O3.HI/c1-3-18-17(19-12-16(22)20-7-4-5-8-20)21-9-6-15(13-21)14-24-11-10-23-2;/h15H,3-14H2,1-2H3,(H,18,19);1H. The fourth-order valence-electron chi connectivity index (χ4n) is 3.19. The van der Waals surface area contributed by atoms with Crippen molar-refractivity contribution in [2.75, 3.05) is 66.2 Å². The molecule has 2 heterocycles. The van der Waals surface area contributed by atoms with Crippen molar-refractivity contribution in [3.63, 3.8) is 0 Å². The third-order valence-corrected chi connectivity index (χ3v) is 4.53. The molecule has 25 heavy (non-hydrogen) atoms. The Kier molecular flexibility index (Phi) is 11.4. The zero-order valence-corrected chi connectivity index (χ0v) is 17.9. The first-order valence-corrected chi connectivity index (χ1v) is 9.12. The maximum atomic E-state index is 12.2. The zero-order valence-electron chi connectivity index (χ0n) is 15.5. The molecule has 1 atom stereocenters. The first-order chi connectivity index (χ1) is 11.7. The average Bonchev–Trinajstić information content (AvgIpc) is 3.27. The molecule has 0 spiro atoms. The van der Waals surface area contributed by atoms with E-state index < -0.39 is 0 Å². The number of carbonyl (C=O) groups is 1. The molecule has 0 radical (unpaired) electrons. The Morgan fingerprint density at radius 1 is 1.20 bits per heavy atom. The number of halogens is 1. The molecule has 0 aromatic carbocycles. The Labute approximate surface area is 168 Å². The number of aliphatic imine (C=N–C) groups is 1. The minimum absolute atomic E-state index is 0. The van der Waals surface area contributed by atoms with E-state index in [1.54, 1.807) is 7.11 Å². The van der Waals surface area contributed by atoms with E-state index in [0.717, 1.165) is 64.6 Å². The number of nitrogens with one attached hydrogen (secondary N) is 1. The van der Waals surface area contributed by atoms with Crippen LogP contribution in [0.15, 0.2) is 4.99 Å². The number of methoxy groups -OCH3 is 1. The Bertz CT molecular complexity index is 417. The maximum Gasteiger partial charge on any atom is 0.244 e. The van der Waals surface area contributed by atoms with Gasteiger partial charge in [0, 0.05) is 45.8 Å². The lowest BCUT2D eigenvalue weighted by Crippen LogP contribution is -2.41. The fourth-order valence-corrected chi connectivity index (χ4v) is 3.19. The van der Waals surface area contributed by atoms with Crippen LogP contribution in [0.4, 0.5) is 0 Å². The van der Waals surface area contributed by atoms with E-state index in [4.69, 9.17) is 9.47 Å². The van der Waals surface area contributed by atoms with Gasteiger partial charge in [-0.3, -0.25) is 4.79 Å². The molecule has 1 amide bonds. The van der Waals surface area contributed by atoms with Gasteiger partial charge in [0.2, 0.25) is 5.91 Å². The first-order valence-electron chi connectivity index (χ1n) is 9.12. The molecule has 0 bridgehead atoms. The number of nitrogens with zero attached hydrogens (tertiary/aromatic N) is 3. The second-order valence-electron chi connectivity index (χ2n) is 6.43. The fraction of sp³-hybridized carbons (Fsp3) is 0.882. The van der Waals surface area contributed by atoms with Gasteiger partial charge in [-0.25, -0.2) is 4.99 Å². The molecule has 0 saturated carbocycles. The van der Waals surface area contributed by atoms with Gasteiger partial charge in [-0.1, -0.05) is 0 Å². The molecule has 0 aliphatic carbocycles. The van der Waals surface area contributed by atoms with Crippen LogP contribution in [0.1, 0.15) is 26.2 Å². The lowest BCUT2D eigenvalue weighted by molar-refractivity contribution is -0.128. The topological polar surface area (TPSA) is 66.4 Å². The second-order valence-corrected chi connectivity index (χ2v) is 6.43. The van der Waals surface area contributed by atoms with Crippen molar-refractivity contribution in [3.8, 4) is 0 Å². The van der Waals surface area contributed by atoms with Gasteiger partial charge in [-0.2, -0.15) is 0 Å². The Balaban J connectivity index is 0.00000312. The second kappa shape index (κ2) is 12.7. The lowest BCUT2D eigenvalue weighted by atomic mass is 10.1. The summed E-state index contributed by atoms with van der Waals surface area (Å²) in [5.74, 6) is 1.51. The summed E-state index contributed by atoms with van der Waals surface area (Å²) in [6, 6.07) is 0. The van der Waals surface area contributed by atoms with E-state index in [2.05, 4.69) is 22.1 Å². The van der Waals surface area contributed by atoms with Crippen LogP contribution in [0.5, 0.6) is 0 Å². The van der Waals surface area contributed by atoms with Crippen LogP contribution in [-0.2, 0) is 14.3 Å². The smallest absolute Gasteiger partial charge is 0.244 e. The molecule has 1 N–H and O–H groups in total. The van der Waals surface area contributed by atoms with Gasteiger partial charge in [0.15, 0.2) is 5.96 Å². The predicted molar refractivity (Wildman–Crippen MR) is 110 cm³/mol. The summed E-state index contributed by atoms with van der Waals surface area (Å²) in [7, 11) is 1.68. The number of hydrogen-bond donors (Lipinski definition) is 1. The zero-order chi connectivity index (χ0) is 17.2. The summed E-state index contributed by atoms with van der Waals surface area (Å²) in [5, 5.41) is 3.31. The van der Waals surface area contributed by atoms with Crippen LogP contribution in [0.25, 0.3) is 0 Å².